The van der Waals surface area contributed by atoms with Gasteiger partial charge in [-0.2, -0.15) is 5.10 Å². The van der Waals surface area contributed by atoms with Crippen molar-refractivity contribution in [2.75, 3.05) is 26.2 Å². The molecule has 1 N–H and O–H groups in total. The maximum absolute atomic E-state index is 13.1. The second-order valence-electron chi connectivity index (χ2n) is 7.57. The third-order valence-corrected chi connectivity index (χ3v) is 5.92. The van der Waals surface area contributed by atoms with Crippen LogP contribution in [-0.2, 0) is 6.54 Å². The van der Waals surface area contributed by atoms with Crippen molar-refractivity contribution in [2.45, 2.75) is 38.1 Å². The molecule has 26 heavy (non-hydrogen) atoms. The Labute approximate surface area is 155 Å². The Hall–Kier alpha value is -2.14. The van der Waals surface area contributed by atoms with E-state index in [1.807, 2.05) is 35.3 Å². The minimum absolute atomic E-state index is 0.220. The Kier molecular flexibility index (Phi) is 5.34. The van der Waals surface area contributed by atoms with Gasteiger partial charge in [-0.3, -0.25) is 9.48 Å². The third kappa shape index (κ3) is 3.83. The SMILES string of the molecule is O=C(c1ccccc1[C@H]1CCNC1)N1CCC(CCn2cccn2)CC1. The molecule has 1 atom stereocenters. The predicted molar refractivity (Wildman–Crippen MR) is 102 cm³/mol. The molecule has 0 spiro atoms. The van der Waals surface area contributed by atoms with E-state index in [2.05, 4.69) is 27.4 Å². The number of rotatable bonds is 5. The quantitative estimate of drug-likeness (QED) is 0.900. The number of likely N-dealkylation sites (tertiary alicyclic amines) is 1. The topological polar surface area (TPSA) is 50.2 Å². The molecule has 2 aromatic rings. The molecule has 4 rings (SSSR count). The largest absolute Gasteiger partial charge is 0.339 e. The molecule has 3 heterocycles. The van der Waals surface area contributed by atoms with Crippen molar-refractivity contribution < 1.29 is 4.79 Å². The lowest BCUT2D eigenvalue weighted by molar-refractivity contribution is 0.0683. The number of amides is 1. The van der Waals surface area contributed by atoms with Crippen LogP contribution >= 0.6 is 0 Å². The summed E-state index contributed by atoms with van der Waals surface area (Å²) in [7, 11) is 0. The van der Waals surface area contributed by atoms with Crippen LogP contribution in [0.25, 0.3) is 0 Å². The van der Waals surface area contributed by atoms with Gasteiger partial charge in [0, 0.05) is 44.1 Å². The van der Waals surface area contributed by atoms with Gasteiger partial charge in [0.2, 0.25) is 0 Å². The number of carbonyl (C=O) groups is 1. The zero-order chi connectivity index (χ0) is 17.8. The zero-order valence-corrected chi connectivity index (χ0v) is 15.3. The van der Waals surface area contributed by atoms with Crippen molar-refractivity contribution in [3.05, 3.63) is 53.9 Å². The normalized spacial score (nSPS) is 21.2. The standard InChI is InChI=1S/C21H28N4O/c26-21(20-5-2-1-4-19(20)18-6-11-22-16-18)24-13-7-17(8-14-24)9-15-25-12-3-10-23-25/h1-5,10,12,17-18,22H,6-9,11,13-16H2/t18-/m0/s1. The Balaban J connectivity index is 1.35. The zero-order valence-electron chi connectivity index (χ0n) is 15.3. The Morgan fingerprint density at radius 1 is 1.15 bits per heavy atom. The third-order valence-electron chi connectivity index (χ3n) is 5.92. The van der Waals surface area contributed by atoms with E-state index >= 15 is 0 Å². The number of carbonyl (C=O) groups excluding carboxylic acids is 1. The summed E-state index contributed by atoms with van der Waals surface area (Å²) in [6.07, 6.45) is 8.32. The van der Waals surface area contributed by atoms with Crippen molar-refractivity contribution in [1.82, 2.24) is 20.0 Å². The van der Waals surface area contributed by atoms with Crippen molar-refractivity contribution in [3.8, 4) is 0 Å². The van der Waals surface area contributed by atoms with E-state index in [0.29, 0.717) is 11.8 Å². The van der Waals surface area contributed by atoms with Crippen LogP contribution in [0.15, 0.2) is 42.7 Å². The molecule has 2 saturated heterocycles. The summed E-state index contributed by atoms with van der Waals surface area (Å²) < 4.78 is 2.00. The molecule has 0 unspecified atom stereocenters. The Morgan fingerprint density at radius 3 is 2.73 bits per heavy atom. The van der Waals surface area contributed by atoms with Crippen LogP contribution in [0.5, 0.6) is 0 Å². The van der Waals surface area contributed by atoms with Gasteiger partial charge in [0.15, 0.2) is 0 Å². The fourth-order valence-electron chi connectivity index (χ4n) is 4.31. The number of nitrogens with one attached hydrogen (secondary N) is 1. The summed E-state index contributed by atoms with van der Waals surface area (Å²) in [6, 6.07) is 10.2. The van der Waals surface area contributed by atoms with Crippen molar-refractivity contribution >= 4 is 5.91 Å². The smallest absolute Gasteiger partial charge is 0.254 e. The van der Waals surface area contributed by atoms with Crippen molar-refractivity contribution in [3.63, 3.8) is 0 Å². The minimum atomic E-state index is 0.220. The molecule has 2 aliphatic heterocycles. The Bertz CT molecular complexity index is 713. The molecule has 138 valence electrons. The summed E-state index contributed by atoms with van der Waals surface area (Å²) in [5.74, 6) is 1.39. The predicted octanol–water partition coefficient (Wildman–Crippen LogP) is 2.90. The van der Waals surface area contributed by atoms with Crippen LogP contribution in [-0.4, -0.2) is 46.8 Å². The lowest BCUT2D eigenvalue weighted by Crippen LogP contribution is -2.39. The molecule has 0 radical (unpaired) electrons. The fraction of sp³-hybridized carbons (Fsp3) is 0.524. The molecule has 2 aliphatic rings. The number of aromatic nitrogens is 2. The van der Waals surface area contributed by atoms with Crippen molar-refractivity contribution in [1.29, 1.82) is 0 Å². The highest BCUT2D eigenvalue weighted by Crippen LogP contribution is 2.28. The first-order valence-corrected chi connectivity index (χ1v) is 9.87. The van der Waals surface area contributed by atoms with Gasteiger partial charge in [0.1, 0.15) is 0 Å². The molecule has 1 aromatic heterocycles. The van der Waals surface area contributed by atoms with Crippen LogP contribution < -0.4 is 5.32 Å². The van der Waals surface area contributed by atoms with Crippen LogP contribution in [0.2, 0.25) is 0 Å². The van der Waals surface area contributed by atoms with E-state index in [9.17, 15) is 4.79 Å². The molecular formula is C21H28N4O. The summed E-state index contributed by atoms with van der Waals surface area (Å²) in [5.41, 5.74) is 2.14. The summed E-state index contributed by atoms with van der Waals surface area (Å²) in [4.78, 5) is 15.2. The van der Waals surface area contributed by atoms with E-state index < -0.39 is 0 Å². The maximum Gasteiger partial charge on any atom is 0.254 e. The monoisotopic (exact) mass is 352 g/mol. The molecular weight excluding hydrogens is 324 g/mol. The lowest BCUT2D eigenvalue weighted by Gasteiger charge is -2.33. The first-order valence-electron chi connectivity index (χ1n) is 9.87. The first kappa shape index (κ1) is 17.3. The highest BCUT2D eigenvalue weighted by atomic mass is 16.2. The molecule has 2 fully saturated rings. The number of nitrogens with zero attached hydrogens (tertiary/aromatic N) is 3. The average Bonchev–Trinajstić information content (AvgIpc) is 3.40. The van der Waals surface area contributed by atoms with E-state index in [1.54, 1.807) is 0 Å². The lowest BCUT2D eigenvalue weighted by atomic mass is 9.90. The van der Waals surface area contributed by atoms with Gasteiger partial charge < -0.3 is 10.2 Å². The molecule has 1 aromatic carbocycles. The molecule has 5 heteroatoms. The van der Waals surface area contributed by atoms with E-state index in [-0.39, 0.29) is 5.91 Å². The number of aryl methyl sites for hydroxylation is 1. The number of piperidine rings is 1. The number of benzene rings is 1. The van der Waals surface area contributed by atoms with Gasteiger partial charge in [-0.1, -0.05) is 18.2 Å². The van der Waals surface area contributed by atoms with Crippen LogP contribution in [0.1, 0.15) is 47.5 Å². The fourth-order valence-corrected chi connectivity index (χ4v) is 4.31. The van der Waals surface area contributed by atoms with Crippen LogP contribution in [0.4, 0.5) is 0 Å². The van der Waals surface area contributed by atoms with E-state index in [0.717, 1.165) is 64.0 Å². The summed E-state index contributed by atoms with van der Waals surface area (Å²) in [6.45, 7) is 4.76. The highest BCUT2D eigenvalue weighted by Gasteiger charge is 2.27. The molecule has 1 amide bonds. The molecule has 0 bridgehead atoms. The maximum atomic E-state index is 13.1. The van der Waals surface area contributed by atoms with Gasteiger partial charge in [-0.05, 0) is 61.8 Å². The van der Waals surface area contributed by atoms with Gasteiger partial charge in [0.05, 0.1) is 0 Å². The summed E-state index contributed by atoms with van der Waals surface area (Å²) >= 11 is 0. The van der Waals surface area contributed by atoms with Crippen LogP contribution in [0.3, 0.4) is 0 Å². The summed E-state index contributed by atoms with van der Waals surface area (Å²) in [5, 5.41) is 7.69. The van der Waals surface area contributed by atoms with Gasteiger partial charge >= 0.3 is 0 Å². The van der Waals surface area contributed by atoms with Crippen LogP contribution in [0, 0.1) is 5.92 Å². The van der Waals surface area contributed by atoms with E-state index in [4.69, 9.17) is 0 Å². The van der Waals surface area contributed by atoms with Crippen molar-refractivity contribution in [2.24, 2.45) is 5.92 Å². The molecule has 0 aliphatic carbocycles. The Morgan fingerprint density at radius 2 is 2.00 bits per heavy atom. The first-order chi connectivity index (χ1) is 12.8. The number of hydrogen-bond donors (Lipinski definition) is 1. The number of hydrogen-bond acceptors (Lipinski definition) is 3. The second-order valence-corrected chi connectivity index (χ2v) is 7.57. The molecule has 5 nitrogen and oxygen atoms in total. The van der Waals surface area contributed by atoms with Gasteiger partial charge in [-0.25, -0.2) is 0 Å². The molecule has 0 saturated carbocycles. The van der Waals surface area contributed by atoms with Gasteiger partial charge in [-0.15, -0.1) is 0 Å². The van der Waals surface area contributed by atoms with Gasteiger partial charge in [0.25, 0.3) is 5.91 Å². The minimum Gasteiger partial charge on any atom is -0.339 e. The average molecular weight is 352 g/mol. The highest BCUT2D eigenvalue weighted by molar-refractivity contribution is 5.96. The second kappa shape index (κ2) is 8.04. The van der Waals surface area contributed by atoms with E-state index in [1.165, 1.54) is 5.56 Å².